The van der Waals surface area contributed by atoms with Gasteiger partial charge in [0.1, 0.15) is 5.82 Å². The van der Waals surface area contributed by atoms with Crippen molar-refractivity contribution in [3.63, 3.8) is 0 Å². The zero-order chi connectivity index (χ0) is 26.2. The number of ketones is 1. The fourth-order valence-electron chi connectivity index (χ4n) is 5.42. The Kier molecular flexibility index (Phi) is 7.33. The number of hydrogen-bond donors (Lipinski definition) is 2. The monoisotopic (exact) mass is 526 g/mol. The maximum absolute atomic E-state index is 13.6. The lowest BCUT2D eigenvalue weighted by Crippen LogP contribution is -2.37. The van der Waals surface area contributed by atoms with Gasteiger partial charge in [0.05, 0.1) is 33.0 Å². The number of ether oxygens (including phenoxy) is 3. The number of fused-ring (bicyclic) bond motifs is 1. The molecule has 5 rings (SSSR count). The van der Waals surface area contributed by atoms with E-state index in [1.165, 1.54) is 11.8 Å². The quantitative estimate of drug-likeness (QED) is 0.415. The third-order valence-corrected chi connectivity index (χ3v) is 8.04. The maximum atomic E-state index is 13.6. The van der Waals surface area contributed by atoms with Crippen LogP contribution in [0.15, 0.2) is 39.4 Å². The average Bonchev–Trinajstić information content (AvgIpc) is 2.87. The summed E-state index contributed by atoms with van der Waals surface area (Å²) >= 11 is 1.53. The van der Waals surface area contributed by atoms with Crippen molar-refractivity contribution in [2.75, 3.05) is 58.1 Å². The predicted octanol–water partition coefficient (Wildman–Crippen LogP) is 3.41. The zero-order valence-corrected chi connectivity index (χ0v) is 22.6. The summed E-state index contributed by atoms with van der Waals surface area (Å²) in [5, 5.41) is 3.96. The van der Waals surface area contributed by atoms with Crippen molar-refractivity contribution in [1.82, 2.24) is 14.9 Å². The van der Waals surface area contributed by atoms with Gasteiger partial charge in [-0.2, -0.15) is 0 Å². The lowest BCUT2D eigenvalue weighted by atomic mass is 9.69. The van der Waals surface area contributed by atoms with Gasteiger partial charge in [-0.25, -0.2) is 4.98 Å². The molecule has 9 nitrogen and oxygen atoms in total. The molecule has 2 aromatic rings. The van der Waals surface area contributed by atoms with Crippen molar-refractivity contribution in [2.45, 2.75) is 37.8 Å². The van der Waals surface area contributed by atoms with E-state index in [2.05, 4.69) is 29.0 Å². The Morgan fingerprint density at radius 3 is 2.62 bits per heavy atom. The van der Waals surface area contributed by atoms with Gasteiger partial charge in [0.2, 0.25) is 0 Å². The second-order valence-corrected chi connectivity index (χ2v) is 11.5. The van der Waals surface area contributed by atoms with Gasteiger partial charge in [-0.05, 0) is 29.5 Å². The van der Waals surface area contributed by atoms with Gasteiger partial charge in [-0.1, -0.05) is 31.7 Å². The molecule has 1 atom stereocenters. The van der Waals surface area contributed by atoms with Crippen LogP contribution in [0.1, 0.15) is 43.7 Å². The molecule has 2 N–H and O–H groups in total. The van der Waals surface area contributed by atoms with Crippen LogP contribution in [0.2, 0.25) is 0 Å². The molecule has 37 heavy (non-hydrogen) atoms. The van der Waals surface area contributed by atoms with Crippen LogP contribution in [0, 0.1) is 5.41 Å². The summed E-state index contributed by atoms with van der Waals surface area (Å²) in [7, 11) is 3.16. The number of allylic oxidation sites excluding steroid dienone is 2. The summed E-state index contributed by atoms with van der Waals surface area (Å²) < 4.78 is 16.4. The topological polar surface area (TPSA) is 106 Å². The minimum atomic E-state index is -0.543. The molecular formula is C27H34N4O5S. The summed E-state index contributed by atoms with van der Waals surface area (Å²) in [6.45, 7) is 8.44. The first-order valence-electron chi connectivity index (χ1n) is 12.6. The van der Waals surface area contributed by atoms with Crippen LogP contribution < -0.4 is 20.3 Å². The van der Waals surface area contributed by atoms with Crippen LogP contribution in [0.3, 0.4) is 0 Å². The average molecular weight is 527 g/mol. The third-order valence-electron chi connectivity index (χ3n) is 7.19. The second-order valence-electron chi connectivity index (χ2n) is 10.4. The number of rotatable bonds is 7. The van der Waals surface area contributed by atoms with E-state index in [-0.39, 0.29) is 16.8 Å². The van der Waals surface area contributed by atoms with Crippen LogP contribution in [-0.2, 0) is 9.53 Å². The fourth-order valence-corrected chi connectivity index (χ4v) is 6.29. The minimum Gasteiger partial charge on any atom is -0.493 e. The number of carbonyl (C=O) groups excluding carboxylic acids is 1. The molecule has 10 heteroatoms. The Morgan fingerprint density at radius 2 is 1.89 bits per heavy atom. The summed E-state index contributed by atoms with van der Waals surface area (Å²) in [5.74, 6) is 1.96. The van der Waals surface area contributed by atoms with E-state index < -0.39 is 5.92 Å². The summed E-state index contributed by atoms with van der Waals surface area (Å²) in [5.41, 5.74) is 2.31. The molecule has 1 saturated heterocycles. The number of hydrogen-bond acceptors (Lipinski definition) is 9. The normalized spacial score (nSPS) is 21.2. The Morgan fingerprint density at radius 1 is 1.14 bits per heavy atom. The standard InChI is InChI=1S/C27H34N4O5S/c1-27(2)14-17-22(18(32)15-27)21(16-5-6-19(34-3)20(13-16)35-4)23-24(28-17)29-26(30-25(23)33)37-12-9-31-7-10-36-11-8-31/h5-6,13,21H,7-12,14-15H2,1-4H3,(H2,28,29,30,33). The molecule has 198 valence electrons. The van der Waals surface area contributed by atoms with E-state index in [9.17, 15) is 9.59 Å². The lowest BCUT2D eigenvalue weighted by molar-refractivity contribution is -0.118. The Hall–Kier alpha value is -2.82. The first kappa shape index (κ1) is 25.8. The summed E-state index contributed by atoms with van der Waals surface area (Å²) in [4.78, 5) is 37.2. The van der Waals surface area contributed by atoms with Gasteiger partial charge >= 0.3 is 0 Å². The Labute approximate surface area is 221 Å². The van der Waals surface area contributed by atoms with E-state index in [4.69, 9.17) is 19.2 Å². The molecule has 0 amide bonds. The number of methoxy groups -OCH3 is 2. The van der Waals surface area contributed by atoms with Gasteiger partial charge in [0.25, 0.3) is 5.56 Å². The van der Waals surface area contributed by atoms with Gasteiger partial charge in [0.15, 0.2) is 22.4 Å². The highest BCUT2D eigenvalue weighted by atomic mass is 32.2. The molecule has 3 heterocycles. The van der Waals surface area contributed by atoms with Crippen LogP contribution >= 0.6 is 11.8 Å². The lowest BCUT2D eigenvalue weighted by Gasteiger charge is -2.38. The van der Waals surface area contributed by atoms with Gasteiger partial charge < -0.3 is 24.5 Å². The SMILES string of the molecule is COc1ccc(C2C3=C(CC(C)(C)CC3=O)Nc3nc(SCCN4CCOCC4)[nH]c(=O)c32)cc1OC. The number of thioether (sulfide) groups is 1. The molecule has 0 saturated carbocycles. The first-order chi connectivity index (χ1) is 17.8. The maximum Gasteiger partial charge on any atom is 0.257 e. The van der Waals surface area contributed by atoms with E-state index in [0.717, 1.165) is 49.9 Å². The van der Waals surface area contributed by atoms with Crippen molar-refractivity contribution >= 4 is 23.4 Å². The predicted molar refractivity (Wildman–Crippen MR) is 143 cm³/mol. The highest BCUT2D eigenvalue weighted by molar-refractivity contribution is 7.99. The largest absolute Gasteiger partial charge is 0.493 e. The number of benzene rings is 1. The van der Waals surface area contributed by atoms with E-state index >= 15 is 0 Å². The number of anilines is 1. The minimum absolute atomic E-state index is 0.0487. The second kappa shape index (κ2) is 10.5. The van der Waals surface area contributed by atoms with Crippen molar-refractivity contribution < 1.29 is 19.0 Å². The van der Waals surface area contributed by atoms with Gasteiger partial charge in [-0.3, -0.25) is 14.5 Å². The number of aromatic nitrogens is 2. The van der Waals surface area contributed by atoms with E-state index in [0.29, 0.717) is 46.5 Å². The Bertz CT molecular complexity index is 1280. The molecule has 1 aliphatic carbocycles. The summed E-state index contributed by atoms with van der Waals surface area (Å²) in [6, 6.07) is 5.55. The van der Waals surface area contributed by atoms with Crippen LogP contribution in [0.25, 0.3) is 0 Å². The van der Waals surface area contributed by atoms with Crippen LogP contribution in [-0.4, -0.2) is 73.5 Å². The first-order valence-corrected chi connectivity index (χ1v) is 13.6. The molecule has 0 spiro atoms. The van der Waals surface area contributed by atoms with E-state index in [1.807, 2.05) is 18.2 Å². The molecule has 1 aromatic heterocycles. The molecular weight excluding hydrogens is 492 g/mol. The summed E-state index contributed by atoms with van der Waals surface area (Å²) in [6.07, 6.45) is 1.12. The molecule has 0 radical (unpaired) electrons. The molecule has 1 aromatic carbocycles. The van der Waals surface area contributed by atoms with Crippen molar-refractivity contribution in [3.05, 3.63) is 50.9 Å². The number of H-pyrrole nitrogens is 1. The van der Waals surface area contributed by atoms with Gasteiger partial charge in [-0.15, -0.1) is 0 Å². The van der Waals surface area contributed by atoms with Crippen LogP contribution in [0.4, 0.5) is 5.82 Å². The zero-order valence-electron chi connectivity index (χ0n) is 21.8. The van der Waals surface area contributed by atoms with Crippen molar-refractivity contribution in [2.24, 2.45) is 5.41 Å². The fraction of sp³-hybridized carbons (Fsp3) is 0.519. The van der Waals surface area contributed by atoms with E-state index in [1.54, 1.807) is 14.2 Å². The molecule has 1 fully saturated rings. The number of carbonyl (C=O) groups is 1. The van der Waals surface area contributed by atoms with Crippen LogP contribution in [0.5, 0.6) is 11.5 Å². The van der Waals surface area contributed by atoms with Crippen molar-refractivity contribution in [1.29, 1.82) is 0 Å². The van der Waals surface area contributed by atoms with Crippen molar-refractivity contribution in [3.8, 4) is 11.5 Å². The number of aromatic amines is 1. The molecule has 1 unspecified atom stereocenters. The van der Waals surface area contributed by atoms with Gasteiger partial charge in [0, 0.05) is 49.0 Å². The number of Topliss-reactive ketones (excluding diaryl/α,β-unsaturated/α-hetero) is 1. The Balaban J connectivity index is 1.52. The molecule has 0 bridgehead atoms. The highest BCUT2D eigenvalue weighted by Crippen LogP contribution is 2.48. The molecule has 3 aliphatic rings. The number of nitrogens with zero attached hydrogens (tertiary/aromatic N) is 2. The third kappa shape index (κ3) is 5.28. The smallest absolute Gasteiger partial charge is 0.257 e. The number of morpholine rings is 1. The molecule has 2 aliphatic heterocycles. The highest BCUT2D eigenvalue weighted by Gasteiger charge is 2.42. The number of nitrogens with one attached hydrogen (secondary N) is 2.